The van der Waals surface area contributed by atoms with Crippen molar-refractivity contribution in [3.63, 3.8) is 0 Å². The second-order valence-corrected chi connectivity index (χ2v) is 11.8. The summed E-state index contributed by atoms with van der Waals surface area (Å²) in [5, 5.41) is 16.7. The summed E-state index contributed by atoms with van der Waals surface area (Å²) in [6.45, 7) is 5.37. The number of nitrogens with one attached hydrogen (secondary N) is 1. The number of halogens is 2. The summed E-state index contributed by atoms with van der Waals surface area (Å²) in [5.74, 6) is -1.37. The van der Waals surface area contributed by atoms with Gasteiger partial charge >= 0.3 is 0 Å². The Labute approximate surface area is 250 Å². The lowest BCUT2D eigenvalue weighted by Crippen LogP contribution is -2.34. The third-order valence-corrected chi connectivity index (χ3v) is 8.96. The smallest absolute Gasteiger partial charge is 0.137 e. The zero-order valence-electron chi connectivity index (χ0n) is 24.2. The molecule has 6 aromatic rings. The van der Waals surface area contributed by atoms with Gasteiger partial charge in [0.25, 0.3) is 0 Å². The number of methoxy groups -OCH3 is 1. The summed E-state index contributed by atoms with van der Waals surface area (Å²) in [6, 6.07) is 12.4. The van der Waals surface area contributed by atoms with Crippen LogP contribution in [0.3, 0.4) is 0 Å². The first-order valence-electron chi connectivity index (χ1n) is 14.1. The Kier molecular flexibility index (Phi) is 6.95. The van der Waals surface area contributed by atoms with E-state index in [1.54, 1.807) is 7.11 Å². The van der Waals surface area contributed by atoms with Crippen LogP contribution in [0.1, 0.15) is 31.6 Å². The minimum atomic E-state index is -0.734. The molecule has 4 aromatic heterocycles. The van der Waals surface area contributed by atoms with Crippen LogP contribution in [0.15, 0.2) is 54.0 Å². The summed E-state index contributed by atoms with van der Waals surface area (Å²) in [7, 11) is 3.46. The van der Waals surface area contributed by atoms with Crippen molar-refractivity contribution in [2.75, 3.05) is 26.9 Å². The number of ether oxygens (including phenoxy) is 2. The highest BCUT2D eigenvalue weighted by molar-refractivity contribution is 7.18. The van der Waals surface area contributed by atoms with E-state index in [0.29, 0.717) is 17.0 Å². The minimum Gasteiger partial charge on any atom is -0.490 e. The Balaban J connectivity index is 1.53. The van der Waals surface area contributed by atoms with Gasteiger partial charge in [0, 0.05) is 65.5 Å². The van der Waals surface area contributed by atoms with E-state index in [4.69, 9.17) is 19.6 Å². The molecule has 0 bridgehead atoms. The highest BCUT2D eigenvalue weighted by Gasteiger charge is 2.29. The first-order chi connectivity index (χ1) is 20.8. The molecule has 1 aliphatic rings. The fraction of sp³-hybridized carbons (Fsp3) is 0.281. The number of hydrogen-bond acceptors (Lipinski definition) is 7. The normalized spacial score (nSPS) is 16.7. The van der Waals surface area contributed by atoms with Crippen molar-refractivity contribution in [3.8, 4) is 39.5 Å². The van der Waals surface area contributed by atoms with E-state index in [2.05, 4.69) is 30.3 Å². The maximum absolute atomic E-state index is 16.0. The van der Waals surface area contributed by atoms with Gasteiger partial charge in [-0.15, -0.1) is 11.3 Å². The third-order valence-electron chi connectivity index (χ3n) is 8.03. The van der Waals surface area contributed by atoms with E-state index in [1.165, 1.54) is 17.4 Å². The molecule has 2 atom stereocenters. The van der Waals surface area contributed by atoms with Crippen LogP contribution >= 0.6 is 11.3 Å². The van der Waals surface area contributed by atoms with Crippen molar-refractivity contribution < 1.29 is 18.3 Å². The van der Waals surface area contributed by atoms with Gasteiger partial charge in [0.1, 0.15) is 35.4 Å². The van der Waals surface area contributed by atoms with Crippen molar-refractivity contribution in [2.24, 2.45) is 7.05 Å². The molecule has 0 amide bonds. The van der Waals surface area contributed by atoms with Gasteiger partial charge in [0.15, 0.2) is 0 Å². The number of thiophene rings is 1. The number of pyridine rings is 1. The number of benzene rings is 2. The Morgan fingerprint density at radius 2 is 1.91 bits per heavy atom. The summed E-state index contributed by atoms with van der Waals surface area (Å²) in [5.41, 5.74) is 5.44. The molecule has 5 heterocycles. The van der Waals surface area contributed by atoms with Gasteiger partial charge in [-0.3, -0.25) is 9.36 Å². The molecule has 1 N–H and O–H groups in total. The maximum atomic E-state index is 16.0. The highest BCUT2D eigenvalue weighted by Crippen LogP contribution is 2.47. The van der Waals surface area contributed by atoms with Crippen molar-refractivity contribution in [3.05, 3.63) is 71.4 Å². The van der Waals surface area contributed by atoms with E-state index < -0.39 is 11.6 Å². The maximum Gasteiger partial charge on any atom is 0.137 e. The number of nitrogens with zero attached hydrogens (tertiary/aromatic N) is 5. The zero-order chi connectivity index (χ0) is 29.8. The summed E-state index contributed by atoms with van der Waals surface area (Å²) >= 11 is 1.48. The fourth-order valence-electron chi connectivity index (χ4n) is 5.85. The number of fused-ring (bicyclic) bond motifs is 3. The molecular formula is C32H30F2N6O2S. The average molecular weight is 601 g/mol. The van der Waals surface area contributed by atoms with Crippen LogP contribution in [0.25, 0.3) is 54.8 Å². The van der Waals surface area contributed by atoms with E-state index in [9.17, 15) is 4.39 Å². The lowest BCUT2D eigenvalue weighted by atomic mass is 9.96. The number of rotatable bonds is 7. The molecular weight excluding hydrogens is 570 g/mol. The first-order valence-corrected chi connectivity index (χ1v) is 15.0. The Hall–Kier alpha value is -4.19. The van der Waals surface area contributed by atoms with Gasteiger partial charge in [-0.1, -0.05) is 6.07 Å². The summed E-state index contributed by atoms with van der Waals surface area (Å²) in [4.78, 5) is 5.24. The van der Waals surface area contributed by atoms with Crippen LogP contribution in [0, 0.1) is 11.6 Å². The van der Waals surface area contributed by atoms with E-state index in [1.807, 2.05) is 52.3 Å². The second kappa shape index (κ2) is 10.8. The topological polar surface area (TPSA) is 79.0 Å². The molecule has 43 heavy (non-hydrogen) atoms. The fourth-order valence-corrected chi connectivity index (χ4v) is 6.80. The average Bonchev–Trinajstić information content (AvgIpc) is 3.74. The van der Waals surface area contributed by atoms with E-state index in [0.717, 1.165) is 50.6 Å². The monoisotopic (exact) mass is 600 g/mol. The van der Waals surface area contributed by atoms with Crippen LogP contribution in [0.5, 0.6) is 5.75 Å². The van der Waals surface area contributed by atoms with Crippen molar-refractivity contribution in [2.45, 2.75) is 25.9 Å². The number of hydrogen-bond donors (Lipinski definition) is 1. The molecule has 0 saturated carbocycles. The number of aryl methyl sites for hydroxylation is 1. The standard InChI is InChI=1S/C32H30F2N6O2S/c1-17-15-35-18(2)26-14-24(38-40(17)26)31-29(28-23(34)12-21(33)13-27(28)42-9-8-41-4)32-22(7-10-43-32)30(37-31)19-5-6-25-20(11-19)16-36-39(25)3/h5-7,10-14,16-18,35H,8-9,15H2,1-4H3. The Bertz CT molecular complexity index is 1970. The summed E-state index contributed by atoms with van der Waals surface area (Å²) in [6.07, 6.45) is 1.83. The predicted octanol–water partition coefficient (Wildman–Crippen LogP) is 6.91. The molecule has 2 unspecified atom stereocenters. The van der Waals surface area contributed by atoms with Crippen molar-refractivity contribution >= 4 is 32.3 Å². The molecule has 220 valence electrons. The molecule has 0 aliphatic carbocycles. The van der Waals surface area contributed by atoms with Crippen molar-refractivity contribution in [1.29, 1.82) is 0 Å². The molecule has 2 aromatic carbocycles. The third kappa shape index (κ3) is 4.68. The minimum absolute atomic E-state index is 0.0781. The zero-order valence-corrected chi connectivity index (χ0v) is 25.0. The van der Waals surface area contributed by atoms with Crippen LogP contribution < -0.4 is 10.1 Å². The van der Waals surface area contributed by atoms with Crippen molar-refractivity contribution in [1.82, 2.24) is 29.9 Å². The highest BCUT2D eigenvalue weighted by atomic mass is 32.1. The first kappa shape index (κ1) is 27.6. The lowest BCUT2D eigenvalue weighted by Gasteiger charge is -2.27. The SMILES string of the molecule is COCCOc1cc(F)cc(F)c1-c1c(-c2cc3n(n2)C(C)CNC3C)nc(-c2ccc3c(cnn3C)c2)c2ccsc12. The molecule has 0 radical (unpaired) electrons. The largest absolute Gasteiger partial charge is 0.490 e. The second-order valence-electron chi connectivity index (χ2n) is 10.9. The lowest BCUT2D eigenvalue weighted by molar-refractivity contribution is 0.146. The molecule has 0 spiro atoms. The van der Waals surface area contributed by atoms with E-state index >= 15 is 4.39 Å². The van der Waals surface area contributed by atoms with Gasteiger partial charge in [-0.2, -0.15) is 10.2 Å². The molecule has 1 aliphatic heterocycles. The van der Waals surface area contributed by atoms with Crippen LogP contribution in [0.2, 0.25) is 0 Å². The van der Waals surface area contributed by atoms with Crippen LogP contribution in [0.4, 0.5) is 8.78 Å². The molecule has 0 fully saturated rings. The summed E-state index contributed by atoms with van der Waals surface area (Å²) < 4.78 is 46.2. The number of aromatic nitrogens is 5. The quantitative estimate of drug-likeness (QED) is 0.201. The van der Waals surface area contributed by atoms with Gasteiger partial charge in [0.05, 0.1) is 41.3 Å². The van der Waals surface area contributed by atoms with E-state index in [-0.39, 0.29) is 36.6 Å². The predicted molar refractivity (Wildman–Crippen MR) is 164 cm³/mol. The molecule has 0 saturated heterocycles. The van der Waals surface area contributed by atoms with Crippen LogP contribution in [-0.2, 0) is 11.8 Å². The Morgan fingerprint density at radius 3 is 2.72 bits per heavy atom. The molecule has 8 nitrogen and oxygen atoms in total. The molecule has 7 rings (SSSR count). The van der Waals surface area contributed by atoms with Gasteiger partial charge < -0.3 is 14.8 Å². The van der Waals surface area contributed by atoms with Gasteiger partial charge in [-0.25, -0.2) is 13.8 Å². The van der Waals surface area contributed by atoms with Gasteiger partial charge in [0.2, 0.25) is 0 Å². The van der Waals surface area contributed by atoms with Gasteiger partial charge in [-0.05, 0) is 43.5 Å². The van der Waals surface area contributed by atoms with Crippen LogP contribution in [-0.4, -0.2) is 51.4 Å². The molecule has 11 heteroatoms. The Morgan fingerprint density at radius 1 is 1.05 bits per heavy atom.